The first-order valence-electron chi connectivity index (χ1n) is 10.8. The number of alkyl halides is 3. The third-order valence-electron chi connectivity index (χ3n) is 5.57. The van der Waals surface area contributed by atoms with Crippen LogP contribution in [0.2, 0.25) is 5.02 Å². The highest BCUT2D eigenvalue weighted by Gasteiger charge is 2.36. The van der Waals surface area contributed by atoms with Gasteiger partial charge in [-0.05, 0) is 66.0 Å². The Bertz CT molecular complexity index is 1670. The Balaban J connectivity index is 0.000000349. The van der Waals surface area contributed by atoms with E-state index in [9.17, 15) is 13.2 Å². The maximum absolute atomic E-state index is 10.7. The number of aromatic nitrogens is 1. The second-order valence-corrected chi connectivity index (χ2v) is 9.69. The van der Waals surface area contributed by atoms with Crippen molar-refractivity contribution in [3.63, 3.8) is 0 Å². The van der Waals surface area contributed by atoms with E-state index in [1.54, 1.807) is 7.11 Å². The van der Waals surface area contributed by atoms with Crippen LogP contribution in [0.1, 0.15) is 0 Å². The molecule has 0 fully saturated rings. The molecule has 0 spiro atoms. The summed E-state index contributed by atoms with van der Waals surface area (Å²) in [6.07, 6.45) is 0. The molecule has 0 saturated heterocycles. The van der Waals surface area contributed by atoms with Crippen LogP contribution in [-0.2, 0) is 10.1 Å². The number of nitrogens with zero attached hydrogens (tertiary/aromatic N) is 1. The first-order valence-corrected chi connectivity index (χ1v) is 12.6. The summed E-state index contributed by atoms with van der Waals surface area (Å²) in [6.45, 7) is 0. The summed E-state index contributed by atoms with van der Waals surface area (Å²) < 4.78 is 66.6. The lowest BCUT2D eigenvalue weighted by molar-refractivity contribution is -0.485. The monoisotopic (exact) mass is 545 g/mol. The van der Waals surface area contributed by atoms with Crippen molar-refractivity contribution in [1.82, 2.24) is 0 Å². The van der Waals surface area contributed by atoms with Crippen LogP contribution in [0, 0.1) is 0 Å². The van der Waals surface area contributed by atoms with Gasteiger partial charge in [0.05, 0.1) is 12.5 Å². The van der Waals surface area contributed by atoms with Crippen molar-refractivity contribution >= 4 is 38.0 Å². The van der Waals surface area contributed by atoms with Crippen LogP contribution in [0.5, 0.6) is 5.75 Å². The fourth-order valence-electron chi connectivity index (χ4n) is 3.87. The van der Waals surface area contributed by atoms with Gasteiger partial charge in [-0.3, -0.25) is 0 Å². The van der Waals surface area contributed by atoms with Crippen LogP contribution in [0.3, 0.4) is 0 Å². The lowest BCUT2D eigenvalue weighted by atomic mass is 10.0. The van der Waals surface area contributed by atoms with Crippen molar-refractivity contribution in [3.05, 3.63) is 102 Å². The highest BCUT2D eigenvalue weighted by Crippen LogP contribution is 2.29. The molecule has 5 aromatic rings. The van der Waals surface area contributed by atoms with E-state index >= 15 is 0 Å². The molecule has 190 valence electrons. The Hall–Kier alpha value is -3.66. The van der Waals surface area contributed by atoms with Crippen molar-refractivity contribution in [1.29, 1.82) is 0 Å². The van der Waals surface area contributed by atoms with Crippen molar-refractivity contribution in [3.8, 4) is 28.3 Å². The minimum atomic E-state index is -6.09. The van der Waals surface area contributed by atoms with Gasteiger partial charge < -0.3 is 9.29 Å². The summed E-state index contributed by atoms with van der Waals surface area (Å²) in [6, 6.07) is 33.4. The van der Waals surface area contributed by atoms with Crippen molar-refractivity contribution in [2.75, 3.05) is 7.11 Å². The summed E-state index contributed by atoms with van der Waals surface area (Å²) in [4.78, 5) is 0. The summed E-state index contributed by atoms with van der Waals surface area (Å²) in [5, 5.41) is 3.17. The SMILES string of the molecule is COc1ccc(-c2cccc3c4ccccc4cc(-c4ccc(Cl)cc4)[n+]23)cc1.O=S(=O)([O-])C(F)(F)F. The van der Waals surface area contributed by atoms with Gasteiger partial charge >= 0.3 is 5.51 Å². The molecule has 5 rings (SSSR count). The third-order valence-corrected chi connectivity index (χ3v) is 6.39. The van der Waals surface area contributed by atoms with Gasteiger partial charge in [-0.15, -0.1) is 0 Å². The van der Waals surface area contributed by atoms with E-state index < -0.39 is 15.6 Å². The Kier molecular flexibility index (Phi) is 7.40. The van der Waals surface area contributed by atoms with Crippen molar-refractivity contribution in [2.45, 2.75) is 5.51 Å². The van der Waals surface area contributed by atoms with Crippen LogP contribution >= 0.6 is 11.6 Å². The van der Waals surface area contributed by atoms with E-state index in [2.05, 4.69) is 77.2 Å². The third kappa shape index (κ3) is 5.69. The van der Waals surface area contributed by atoms with Crippen molar-refractivity contribution in [2.24, 2.45) is 0 Å². The van der Waals surface area contributed by atoms with Gasteiger partial charge in [0.1, 0.15) is 5.75 Å². The van der Waals surface area contributed by atoms with Gasteiger partial charge in [0.2, 0.25) is 16.9 Å². The topological polar surface area (TPSA) is 70.5 Å². The number of ether oxygens (including phenoxy) is 1. The molecule has 3 aromatic carbocycles. The van der Waals surface area contributed by atoms with Crippen LogP contribution in [-0.4, -0.2) is 25.6 Å². The quantitative estimate of drug-likeness (QED) is 0.110. The summed E-state index contributed by atoms with van der Waals surface area (Å²) >= 11 is 6.15. The molecule has 0 amide bonds. The number of hydrogen-bond acceptors (Lipinski definition) is 4. The maximum Gasteiger partial charge on any atom is 0.485 e. The number of halogens is 4. The molecular weight excluding hydrogens is 527 g/mol. The summed E-state index contributed by atoms with van der Waals surface area (Å²) in [7, 11) is -4.40. The first-order chi connectivity index (χ1) is 17.5. The molecule has 0 atom stereocenters. The zero-order valence-electron chi connectivity index (χ0n) is 19.2. The molecule has 2 aromatic heterocycles. The summed E-state index contributed by atoms with van der Waals surface area (Å²) in [5.41, 5.74) is 0.0273. The van der Waals surface area contributed by atoms with Gasteiger partial charge in [-0.1, -0.05) is 29.8 Å². The van der Waals surface area contributed by atoms with Crippen molar-refractivity contribution < 1.29 is 35.3 Å². The average molecular weight is 546 g/mol. The predicted octanol–water partition coefficient (Wildman–Crippen LogP) is 6.63. The van der Waals surface area contributed by atoms with Gasteiger partial charge in [-0.2, -0.15) is 17.6 Å². The van der Waals surface area contributed by atoms with E-state index in [0.29, 0.717) is 0 Å². The van der Waals surface area contributed by atoms with Crippen LogP contribution in [0.4, 0.5) is 13.2 Å². The van der Waals surface area contributed by atoms with Crippen LogP contribution in [0.25, 0.3) is 38.8 Å². The van der Waals surface area contributed by atoms with E-state index in [1.807, 2.05) is 24.3 Å². The fourth-order valence-corrected chi connectivity index (χ4v) is 3.99. The molecule has 0 aliphatic carbocycles. The number of pyridine rings is 2. The van der Waals surface area contributed by atoms with Crippen LogP contribution < -0.4 is 9.14 Å². The minimum absolute atomic E-state index is 0.735. The number of benzene rings is 3. The van der Waals surface area contributed by atoms with E-state index in [-0.39, 0.29) is 0 Å². The number of methoxy groups -OCH3 is 1. The Morgan fingerprint density at radius 1 is 0.811 bits per heavy atom. The first kappa shape index (κ1) is 26.4. The molecule has 5 nitrogen and oxygen atoms in total. The smallest absolute Gasteiger partial charge is 0.485 e. The van der Waals surface area contributed by atoms with Gasteiger partial charge in [0.15, 0.2) is 10.1 Å². The number of hydrogen-bond donors (Lipinski definition) is 0. The Morgan fingerprint density at radius 2 is 1.38 bits per heavy atom. The number of fused-ring (bicyclic) bond motifs is 3. The van der Waals surface area contributed by atoms with E-state index in [1.165, 1.54) is 16.3 Å². The largest absolute Gasteiger partial charge is 0.741 e. The second kappa shape index (κ2) is 10.4. The standard InChI is InChI=1S/C26H19ClNO.CHF3O3S/c1-29-22-15-11-18(12-16-22)24-7-4-8-25-23-6-3-2-5-20(23)17-26(28(24)25)19-9-13-21(27)14-10-19;2-1(3,4)8(5,6)7/h2-17H,1H3;(H,5,6,7)/q+1;/p-1. The molecule has 0 bridgehead atoms. The van der Waals surface area contributed by atoms with E-state index in [0.717, 1.165) is 33.3 Å². The van der Waals surface area contributed by atoms with Gasteiger partial charge in [0.25, 0.3) is 0 Å². The van der Waals surface area contributed by atoms with Gasteiger partial charge in [-0.25, -0.2) is 8.42 Å². The normalized spacial score (nSPS) is 11.7. The zero-order valence-corrected chi connectivity index (χ0v) is 20.8. The molecule has 0 unspecified atom stereocenters. The Labute approximate surface area is 216 Å². The molecule has 0 aliphatic rings. The second-order valence-electron chi connectivity index (χ2n) is 7.88. The highest BCUT2D eigenvalue weighted by molar-refractivity contribution is 7.86. The number of rotatable bonds is 3. The molecule has 0 radical (unpaired) electrons. The average Bonchev–Trinajstić information content (AvgIpc) is 2.87. The Morgan fingerprint density at radius 3 is 1.97 bits per heavy atom. The summed E-state index contributed by atoms with van der Waals surface area (Å²) in [5.74, 6) is 0.849. The van der Waals surface area contributed by atoms with Crippen LogP contribution in [0.15, 0.2) is 97.1 Å². The highest BCUT2D eigenvalue weighted by atomic mass is 35.5. The lowest BCUT2D eigenvalue weighted by Gasteiger charge is -2.09. The molecule has 2 heterocycles. The molecule has 10 heteroatoms. The molecule has 37 heavy (non-hydrogen) atoms. The predicted molar refractivity (Wildman–Crippen MR) is 135 cm³/mol. The lowest BCUT2D eigenvalue weighted by Crippen LogP contribution is -2.28. The zero-order chi connectivity index (χ0) is 26.8. The van der Waals surface area contributed by atoms with E-state index in [4.69, 9.17) is 29.3 Å². The maximum atomic E-state index is 10.7. The molecule has 0 N–H and O–H groups in total. The fraction of sp³-hybridized carbons (Fsp3) is 0.0741. The molecule has 0 saturated carbocycles. The molecular formula is C27H19ClF3NO4S. The minimum Gasteiger partial charge on any atom is -0.741 e. The van der Waals surface area contributed by atoms with Gasteiger partial charge in [0, 0.05) is 34.3 Å². The molecule has 0 aliphatic heterocycles.